The number of esters is 1. The van der Waals surface area contributed by atoms with Crippen LogP contribution in [0.25, 0.3) is 0 Å². The van der Waals surface area contributed by atoms with Gasteiger partial charge in [0.15, 0.2) is 0 Å². The summed E-state index contributed by atoms with van der Waals surface area (Å²) in [6, 6.07) is 6.83. The Morgan fingerprint density at radius 2 is 1.86 bits per heavy atom. The molecule has 1 heterocycles. The highest BCUT2D eigenvalue weighted by Crippen LogP contribution is 2.40. The first-order valence-electron chi connectivity index (χ1n) is 9.86. The lowest BCUT2D eigenvalue weighted by molar-refractivity contribution is 0.0378. The van der Waals surface area contributed by atoms with Gasteiger partial charge in [0.2, 0.25) is 0 Å². The molecule has 3 rings (SSSR count). The molecule has 28 heavy (non-hydrogen) atoms. The number of carbonyl (C=O) groups excluding carboxylic acids is 2. The summed E-state index contributed by atoms with van der Waals surface area (Å²) >= 11 is 1.70. The van der Waals surface area contributed by atoms with E-state index in [1.807, 2.05) is 19.2 Å². The number of carbonyl (C=O) groups is 2. The number of rotatable bonds is 4. The van der Waals surface area contributed by atoms with Gasteiger partial charge in [-0.2, -0.15) is 0 Å². The molecule has 1 amide bonds. The normalized spacial score (nSPS) is 16.6. The van der Waals surface area contributed by atoms with Crippen molar-refractivity contribution in [3.63, 3.8) is 0 Å². The van der Waals surface area contributed by atoms with E-state index in [4.69, 9.17) is 4.74 Å². The van der Waals surface area contributed by atoms with Gasteiger partial charge in [0.05, 0.1) is 17.2 Å². The van der Waals surface area contributed by atoms with Gasteiger partial charge in [-0.05, 0) is 74.3 Å². The third-order valence-electron chi connectivity index (χ3n) is 5.35. The molecule has 0 bridgehead atoms. The molecule has 2 aromatic rings. The molecule has 0 radical (unpaired) electrons. The average Bonchev–Trinajstić information content (AvgIpc) is 3.04. The van der Waals surface area contributed by atoms with Crippen molar-refractivity contribution < 1.29 is 14.3 Å². The number of ether oxygens (including phenoxy) is 1. The molecule has 1 N–H and O–H groups in total. The Kier molecular flexibility index (Phi) is 5.94. The lowest BCUT2D eigenvalue weighted by Gasteiger charge is -2.34. The molecule has 1 aliphatic rings. The standard InChI is InChI=1S/C23H29NO3S/c1-14(2)27-22(26)15-6-9-17(10-7-15)24-21(25)19-13-28-20-12-16(23(3,4)5)8-11-18(19)20/h6-7,9-10,13-14,16H,8,11-12H2,1-5H3,(H,24,25). The van der Waals surface area contributed by atoms with E-state index >= 15 is 0 Å². The number of anilines is 1. The van der Waals surface area contributed by atoms with Crippen molar-refractivity contribution in [3.05, 3.63) is 51.2 Å². The van der Waals surface area contributed by atoms with E-state index in [-0.39, 0.29) is 18.0 Å². The minimum atomic E-state index is -0.354. The van der Waals surface area contributed by atoms with Crippen molar-refractivity contribution in [1.82, 2.24) is 0 Å². The van der Waals surface area contributed by atoms with Crippen LogP contribution in [0.15, 0.2) is 29.6 Å². The van der Waals surface area contributed by atoms with E-state index in [2.05, 4.69) is 26.1 Å². The van der Waals surface area contributed by atoms with Crippen molar-refractivity contribution in [3.8, 4) is 0 Å². The summed E-state index contributed by atoms with van der Waals surface area (Å²) in [6.07, 6.45) is 2.99. The second-order valence-electron chi connectivity index (χ2n) is 8.84. The first kappa shape index (κ1) is 20.6. The maximum atomic E-state index is 12.8. The van der Waals surface area contributed by atoms with E-state index in [1.165, 1.54) is 10.4 Å². The molecule has 0 saturated carbocycles. The number of fused-ring (bicyclic) bond motifs is 1. The molecule has 0 spiro atoms. The van der Waals surface area contributed by atoms with Crippen LogP contribution in [-0.2, 0) is 17.6 Å². The molecule has 4 nitrogen and oxygen atoms in total. The van der Waals surface area contributed by atoms with Crippen LogP contribution in [0.4, 0.5) is 5.69 Å². The quantitative estimate of drug-likeness (QED) is 0.669. The fourth-order valence-electron chi connectivity index (χ4n) is 3.61. The lowest BCUT2D eigenvalue weighted by Crippen LogP contribution is -2.27. The first-order chi connectivity index (χ1) is 13.1. The van der Waals surface area contributed by atoms with E-state index in [0.717, 1.165) is 24.8 Å². The second kappa shape index (κ2) is 8.08. The van der Waals surface area contributed by atoms with Gasteiger partial charge in [0, 0.05) is 15.9 Å². The van der Waals surface area contributed by atoms with Gasteiger partial charge >= 0.3 is 5.97 Å². The number of hydrogen-bond donors (Lipinski definition) is 1. The molecule has 1 aromatic heterocycles. The Morgan fingerprint density at radius 3 is 2.46 bits per heavy atom. The maximum Gasteiger partial charge on any atom is 0.338 e. The van der Waals surface area contributed by atoms with Crippen LogP contribution in [0.5, 0.6) is 0 Å². The predicted molar refractivity (Wildman–Crippen MR) is 114 cm³/mol. The lowest BCUT2D eigenvalue weighted by atomic mass is 9.72. The molecule has 1 aliphatic carbocycles. The molecule has 0 fully saturated rings. The van der Waals surface area contributed by atoms with Gasteiger partial charge in [0.1, 0.15) is 0 Å². The molecular weight excluding hydrogens is 370 g/mol. The summed E-state index contributed by atoms with van der Waals surface area (Å²) in [4.78, 5) is 26.1. The zero-order chi connectivity index (χ0) is 20.5. The van der Waals surface area contributed by atoms with Crippen LogP contribution in [-0.4, -0.2) is 18.0 Å². The highest BCUT2D eigenvalue weighted by Gasteiger charge is 2.31. The Morgan fingerprint density at radius 1 is 1.18 bits per heavy atom. The molecule has 0 aliphatic heterocycles. The van der Waals surface area contributed by atoms with Crippen LogP contribution in [0, 0.1) is 11.3 Å². The van der Waals surface area contributed by atoms with Crippen LogP contribution in [0.2, 0.25) is 0 Å². The van der Waals surface area contributed by atoms with Crippen LogP contribution in [0.1, 0.15) is 72.2 Å². The summed E-state index contributed by atoms with van der Waals surface area (Å²) in [5, 5.41) is 4.94. The van der Waals surface area contributed by atoms with Crippen molar-refractivity contribution in [2.75, 3.05) is 5.32 Å². The Balaban J connectivity index is 1.68. The third-order valence-corrected chi connectivity index (χ3v) is 6.40. The van der Waals surface area contributed by atoms with Crippen molar-refractivity contribution >= 4 is 28.9 Å². The van der Waals surface area contributed by atoms with Gasteiger partial charge in [0.25, 0.3) is 5.91 Å². The summed E-state index contributed by atoms with van der Waals surface area (Å²) in [5.74, 6) is 0.227. The number of amides is 1. The summed E-state index contributed by atoms with van der Waals surface area (Å²) in [5.41, 5.74) is 3.45. The molecule has 1 aromatic carbocycles. The van der Waals surface area contributed by atoms with Crippen LogP contribution in [0.3, 0.4) is 0 Å². The molecule has 5 heteroatoms. The summed E-state index contributed by atoms with van der Waals surface area (Å²) < 4.78 is 5.19. The van der Waals surface area contributed by atoms with Crippen molar-refractivity contribution in [2.45, 2.75) is 60.0 Å². The first-order valence-corrected chi connectivity index (χ1v) is 10.7. The number of nitrogens with one attached hydrogen (secondary N) is 1. The minimum Gasteiger partial charge on any atom is -0.459 e. The van der Waals surface area contributed by atoms with E-state index in [0.29, 0.717) is 22.6 Å². The van der Waals surface area contributed by atoms with Crippen LogP contribution >= 0.6 is 11.3 Å². The van der Waals surface area contributed by atoms with E-state index in [9.17, 15) is 9.59 Å². The van der Waals surface area contributed by atoms with Gasteiger partial charge in [-0.1, -0.05) is 20.8 Å². The summed E-state index contributed by atoms with van der Waals surface area (Å²) in [7, 11) is 0. The SMILES string of the molecule is CC(C)OC(=O)c1ccc(NC(=O)c2csc3c2CCC(C(C)(C)C)C3)cc1. The Labute approximate surface area is 171 Å². The predicted octanol–water partition coefficient (Wildman–Crippen LogP) is 5.72. The topological polar surface area (TPSA) is 55.4 Å². The molecule has 150 valence electrons. The monoisotopic (exact) mass is 399 g/mol. The average molecular weight is 400 g/mol. The number of benzene rings is 1. The number of hydrogen-bond acceptors (Lipinski definition) is 4. The van der Waals surface area contributed by atoms with E-state index in [1.54, 1.807) is 35.6 Å². The highest BCUT2D eigenvalue weighted by molar-refractivity contribution is 7.10. The maximum absolute atomic E-state index is 12.8. The highest BCUT2D eigenvalue weighted by atomic mass is 32.1. The fourth-order valence-corrected chi connectivity index (χ4v) is 4.77. The second-order valence-corrected chi connectivity index (χ2v) is 9.81. The zero-order valence-electron chi connectivity index (χ0n) is 17.3. The van der Waals surface area contributed by atoms with Gasteiger partial charge in [-0.3, -0.25) is 4.79 Å². The molecule has 0 saturated heterocycles. The van der Waals surface area contributed by atoms with Crippen molar-refractivity contribution in [1.29, 1.82) is 0 Å². The van der Waals surface area contributed by atoms with Gasteiger partial charge in [-0.25, -0.2) is 4.79 Å². The number of thiophene rings is 1. The summed E-state index contributed by atoms with van der Waals surface area (Å²) in [6.45, 7) is 10.5. The van der Waals surface area contributed by atoms with E-state index < -0.39 is 0 Å². The van der Waals surface area contributed by atoms with Crippen molar-refractivity contribution in [2.24, 2.45) is 11.3 Å². The Bertz CT molecular complexity index is 859. The molecule has 1 unspecified atom stereocenters. The third kappa shape index (κ3) is 4.64. The van der Waals surface area contributed by atoms with Gasteiger partial charge in [-0.15, -0.1) is 11.3 Å². The Hall–Kier alpha value is -2.14. The molecule has 1 atom stereocenters. The largest absolute Gasteiger partial charge is 0.459 e. The van der Waals surface area contributed by atoms with Gasteiger partial charge < -0.3 is 10.1 Å². The van der Waals surface area contributed by atoms with Crippen LogP contribution < -0.4 is 5.32 Å². The smallest absolute Gasteiger partial charge is 0.338 e. The fraction of sp³-hybridized carbons (Fsp3) is 0.478. The molecular formula is C23H29NO3S. The zero-order valence-corrected chi connectivity index (χ0v) is 18.1. The minimum absolute atomic E-state index is 0.0794.